The van der Waals surface area contributed by atoms with E-state index in [2.05, 4.69) is 33.8 Å². The highest BCUT2D eigenvalue weighted by Gasteiger charge is 2.51. The van der Waals surface area contributed by atoms with Crippen LogP contribution in [0.3, 0.4) is 0 Å². The zero-order chi connectivity index (χ0) is 19.5. The molecular weight excluding hydrogens is 324 g/mol. The summed E-state index contributed by atoms with van der Waals surface area (Å²) in [7, 11) is 0. The van der Waals surface area contributed by atoms with Crippen LogP contribution in [0.15, 0.2) is 23.3 Å². The summed E-state index contributed by atoms with van der Waals surface area (Å²) in [5, 5.41) is 11.3. The van der Waals surface area contributed by atoms with Crippen LogP contribution in [0.2, 0.25) is 0 Å². The number of rotatable bonds is 6. The van der Waals surface area contributed by atoms with E-state index >= 15 is 0 Å². The van der Waals surface area contributed by atoms with E-state index in [1.54, 1.807) is 12.5 Å². The van der Waals surface area contributed by atoms with Crippen LogP contribution in [0.4, 0.5) is 0 Å². The first kappa shape index (κ1) is 21.2. The molecule has 1 N–H and O–H groups in total. The van der Waals surface area contributed by atoms with E-state index in [9.17, 15) is 9.90 Å². The minimum absolute atomic E-state index is 0.100. The summed E-state index contributed by atoms with van der Waals surface area (Å²) in [5.74, 6) is 0.753. The number of carbonyl (C=O) groups excluding carboxylic acids is 1. The molecule has 0 heterocycles. The van der Waals surface area contributed by atoms with Gasteiger partial charge in [0.25, 0.3) is 0 Å². The molecule has 3 heteroatoms. The molecule has 0 aliphatic heterocycles. The molecule has 0 aromatic rings. The number of carbonyl (C=O) groups is 1. The number of aliphatic hydroxyl groups excluding tert-OH is 1. The zero-order valence-corrected chi connectivity index (χ0v) is 17.6. The molecule has 148 valence electrons. The number of hydrogen-bond acceptors (Lipinski definition) is 3. The Morgan fingerprint density at radius 3 is 2.77 bits per heavy atom. The molecule has 26 heavy (non-hydrogen) atoms. The SMILES string of the molecule is CCC(=O)OC/C=C(\C)C[C@@H](O)[C@@]1(C)[C@H](C)CC=C2[C@@H]1CCCC2(C)C. The molecule has 0 aromatic carbocycles. The maximum absolute atomic E-state index is 11.3. The lowest BCUT2D eigenvalue weighted by atomic mass is 9.51. The summed E-state index contributed by atoms with van der Waals surface area (Å²) in [5.41, 5.74) is 2.82. The van der Waals surface area contributed by atoms with Crippen LogP contribution in [0.25, 0.3) is 0 Å². The Labute approximate surface area is 159 Å². The largest absolute Gasteiger partial charge is 0.461 e. The molecule has 2 rings (SSSR count). The van der Waals surface area contributed by atoms with Gasteiger partial charge in [0.2, 0.25) is 0 Å². The van der Waals surface area contributed by atoms with Crippen LogP contribution in [0.5, 0.6) is 0 Å². The maximum Gasteiger partial charge on any atom is 0.305 e. The van der Waals surface area contributed by atoms with E-state index < -0.39 is 0 Å². The third kappa shape index (κ3) is 4.24. The fourth-order valence-corrected chi connectivity index (χ4v) is 5.03. The Bertz CT molecular complexity index is 572. The summed E-state index contributed by atoms with van der Waals surface area (Å²) < 4.78 is 5.14. The lowest BCUT2D eigenvalue weighted by molar-refractivity contribution is -0.141. The Kier molecular flexibility index (Phi) is 6.76. The first-order valence-corrected chi connectivity index (χ1v) is 10.3. The van der Waals surface area contributed by atoms with Crippen LogP contribution in [-0.4, -0.2) is 23.8 Å². The number of hydrogen-bond donors (Lipinski definition) is 1. The van der Waals surface area contributed by atoms with Crippen molar-refractivity contribution in [2.24, 2.45) is 22.7 Å². The monoisotopic (exact) mass is 362 g/mol. The van der Waals surface area contributed by atoms with E-state index in [0.717, 1.165) is 12.0 Å². The average Bonchev–Trinajstić information content (AvgIpc) is 2.57. The molecule has 2 aliphatic carbocycles. The standard InChI is InChI=1S/C23H38O3/c1-7-21(25)26-14-12-16(2)15-20(24)23(6)17(3)10-11-18-19(23)9-8-13-22(18,4)5/h11-12,17,19-20,24H,7-10,13-15H2,1-6H3/b16-12+/t17-,19+,20-,23+/m1/s1. The van der Waals surface area contributed by atoms with Crippen molar-refractivity contribution in [3.05, 3.63) is 23.3 Å². The van der Waals surface area contributed by atoms with Gasteiger partial charge in [0.15, 0.2) is 0 Å². The third-order valence-electron chi connectivity index (χ3n) is 7.15. The molecule has 0 amide bonds. The summed E-state index contributed by atoms with van der Waals surface area (Å²) in [4.78, 5) is 11.3. The van der Waals surface area contributed by atoms with Gasteiger partial charge < -0.3 is 9.84 Å². The van der Waals surface area contributed by atoms with Crippen molar-refractivity contribution in [2.75, 3.05) is 6.61 Å². The van der Waals surface area contributed by atoms with Gasteiger partial charge in [-0.05, 0) is 55.9 Å². The predicted octanol–water partition coefficient (Wildman–Crippen LogP) is 5.44. The van der Waals surface area contributed by atoms with Crippen LogP contribution in [0.1, 0.15) is 80.1 Å². The molecule has 0 spiro atoms. The van der Waals surface area contributed by atoms with Crippen molar-refractivity contribution < 1.29 is 14.6 Å². The van der Waals surface area contributed by atoms with Crippen LogP contribution >= 0.6 is 0 Å². The Balaban J connectivity index is 2.13. The second-order valence-corrected chi connectivity index (χ2v) is 9.30. The van der Waals surface area contributed by atoms with Crippen molar-refractivity contribution in [1.29, 1.82) is 0 Å². The smallest absolute Gasteiger partial charge is 0.305 e. The number of ether oxygens (including phenoxy) is 1. The number of fused-ring (bicyclic) bond motifs is 1. The summed E-state index contributed by atoms with van der Waals surface area (Å²) in [6.07, 6.45) is 9.81. The molecule has 4 atom stereocenters. The van der Waals surface area contributed by atoms with Crippen LogP contribution < -0.4 is 0 Å². The van der Waals surface area contributed by atoms with Gasteiger partial charge in [-0.25, -0.2) is 0 Å². The van der Waals surface area contributed by atoms with E-state index in [0.29, 0.717) is 31.3 Å². The van der Waals surface area contributed by atoms with Gasteiger partial charge in [0, 0.05) is 11.8 Å². The number of allylic oxidation sites excluding steroid dienone is 2. The van der Waals surface area contributed by atoms with Gasteiger partial charge in [-0.2, -0.15) is 0 Å². The number of aliphatic hydroxyl groups is 1. The van der Waals surface area contributed by atoms with Gasteiger partial charge in [0.05, 0.1) is 6.10 Å². The van der Waals surface area contributed by atoms with E-state index in [4.69, 9.17) is 4.74 Å². The summed E-state index contributed by atoms with van der Waals surface area (Å²) >= 11 is 0. The highest BCUT2D eigenvalue weighted by atomic mass is 16.5. The fourth-order valence-electron chi connectivity index (χ4n) is 5.03. The topological polar surface area (TPSA) is 46.5 Å². The Morgan fingerprint density at radius 1 is 1.42 bits per heavy atom. The fraction of sp³-hybridized carbons (Fsp3) is 0.783. The molecule has 0 saturated heterocycles. The minimum Gasteiger partial charge on any atom is -0.461 e. The second-order valence-electron chi connectivity index (χ2n) is 9.30. The molecule has 0 unspecified atom stereocenters. The summed E-state index contributed by atoms with van der Waals surface area (Å²) in [6.45, 7) is 13.4. The van der Waals surface area contributed by atoms with Crippen molar-refractivity contribution in [2.45, 2.75) is 86.2 Å². The van der Waals surface area contributed by atoms with E-state index in [-0.39, 0.29) is 22.9 Å². The maximum atomic E-state index is 11.3. The molecule has 0 aromatic heterocycles. The van der Waals surface area contributed by atoms with Gasteiger partial charge in [0.1, 0.15) is 6.61 Å². The molecule has 1 saturated carbocycles. The predicted molar refractivity (Wildman–Crippen MR) is 107 cm³/mol. The van der Waals surface area contributed by atoms with Crippen molar-refractivity contribution >= 4 is 5.97 Å². The molecule has 1 fully saturated rings. The quantitative estimate of drug-likeness (QED) is 0.506. The third-order valence-corrected chi connectivity index (χ3v) is 7.15. The highest BCUT2D eigenvalue weighted by molar-refractivity contribution is 5.68. The van der Waals surface area contributed by atoms with Crippen LogP contribution in [-0.2, 0) is 9.53 Å². The van der Waals surface area contributed by atoms with Crippen molar-refractivity contribution in [3.63, 3.8) is 0 Å². The van der Waals surface area contributed by atoms with E-state index in [1.807, 2.05) is 13.0 Å². The molecule has 0 radical (unpaired) electrons. The molecular formula is C23H38O3. The second kappa shape index (κ2) is 8.29. The molecule has 2 aliphatic rings. The number of esters is 1. The Morgan fingerprint density at radius 2 is 2.12 bits per heavy atom. The van der Waals surface area contributed by atoms with Gasteiger partial charge in [-0.3, -0.25) is 4.79 Å². The molecule has 0 bridgehead atoms. The van der Waals surface area contributed by atoms with E-state index in [1.165, 1.54) is 19.3 Å². The van der Waals surface area contributed by atoms with Crippen molar-refractivity contribution in [3.8, 4) is 0 Å². The van der Waals surface area contributed by atoms with Crippen LogP contribution in [0, 0.1) is 22.7 Å². The molecule has 3 nitrogen and oxygen atoms in total. The Hall–Kier alpha value is -1.09. The highest BCUT2D eigenvalue weighted by Crippen LogP contribution is 2.58. The first-order valence-electron chi connectivity index (χ1n) is 10.3. The van der Waals surface area contributed by atoms with Crippen molar-refractivity contribution in [1.82, 2.24) is 0 Å². The minimum atomic E-state index is -0.377. The first-order chi connectivity index (χ1) is 12.1. The summed E-state index contributed by atoms with van der Waals surface area (Å²) in [6, 6.07) is 0. The van der Waals surface area contributed by atoms with Gasteiger partial charge >= 0.3 is 5.97 Å². The normalized spacial score (nSPS) is 32.4. The average molecular weight is 363 g/mol. The van der Waals surface area contributed by atoms with Gasteiger partial charge in [-0.15, -0.1) is 0 Å². The van der Waals surface area contributed by atoms with Gasteiger partial charge in [-0.1, -0.05) is 58.3 Å². The lowest BCUT2D eigenvalue weighted by Crippen LogP contribution is -2.50. The zero-order valence-electron chi connectivity index (χ0n) is 17.6. The lowest BCUT2D eigenvalue weighted by Gasteiger charge is -2.55.